The maximum atomic E-state index is 13.8. The Bertz CT molecular complexity index is 482. The second kappa shape index (κ2) is 5.62. The van der Waals surface area contributed by atoms with E-state index >= 15 is 0 Å². The summed E-state index contributed by atoms with van der Waals surface area (Å²) in [7, 11) is 1.40. The average molecular weight is 336 g/mol. The SMILES string of the molecule is CC[C@@]1(C(F)(F)F)C(=O)N(C)[C@@]2(C[C@H](C)CC[C@H]2C(C)C)N1O. The largest absolute Gasteiger partial charge is 0.418 e. The number of hydroxylamine groups is 2. The fourth-order valence-corrected chi connectivity index (χ4v) is 4.72. The van der Waals surface area contributed by atoms with Crippen molar-refractivity contribution in [1.82, 2.24) is 9.96 Å². The van der Waals surface area contributed by atoms with Crippen LogP contribution >= 0.6 is 0 Å². The lowest BCUT2D eigenvalue weighted by Crippen LogP contribution is -2.65. The van der Waals surface area contributed by atoms with Crippen LogP contribution in [0.3, 0.4) is 0 Å². The van der Waals surface area contributed by atoms with Crippen LogP contribution < -0.4 is 0 Å². The number of likely N-dealkylation sites (N-methyl/N-ethyl adjacent to an activating group) is 1. The normalized spacial score (nSPS) is 39.7. The molecule has 2 aliphatic rings. The molecule has 1 aliphatic heterocycles. The summed E-state index contributed by atoms with van der Waals surface area (Å²) < 4.78 is 41.4. The molecular formula is C16H27F3N2O2. The quantitative estimate of drug-likeness (QED) is 0.837. The zero-order valence-corrected chi connectivity index (χ0v) is 14.4. The predicted octanol–water partition coefficient (Wildman–Crippen LogP) is 3.65. The van der Waals surface area contributed by atoms with Crippen LogP contribution in [0.15, 0.2) is 0 Å². The van der Waals surface area contributed by atoms with Gasteiger partial charge in [-0.25, -0.2) is 0 Å². The molecule has 1 saturated carbocycles. The second-order valence-corrected chi connectivity index (χ2v) is 7.50. The smallest absolute Gasteiger partial charge is 0.323 e. The van der Waals surface area contributed by atoms with E-state index in [1.54, 1.807) is 0 Å². The molecule has 23 heavy (non-hydrogen) atoms. The van der Waals surface area contributed by atoms with E-state index in [4.69, 9.17) is 0 Å². The van der Waals surface area contributed by atoms with Gasteiger partial charge in [-0.05, 0) is 31.1 Å². The van der Waals surface area contributed by atoms with Crippen molar-refractivity contribution in [3.63, 3.8) is 0 Å². The van der Waals surface area contributed by atoms with Gasteiger partial charge in [-0.1, -0.05) is 34.1 Å². The molecule has 0 bridgehead atoms. The number of hydrogen-bond acceptors (Lipinski definition) is 3. The van der Waals surface area contributed by atoms with Gasteiger partial charge in [0.15, 0.2) is 0 Å². The highest BCUT2D eigenvalue weighted by Crippen LogP contribution is 2.56. The van der Waals surface area contributed by atoms with Crippen molar-refractivity contribution in [2.75, 3.05) is 7.05 Å². The molecule has 4 nitrogen and oxygen atoms in total. The molecule has 1 N–H and O–H groups in total. The monoisotopic (exact) mass is 336 g/mol. The van der Waals surface area contributed by atoms with Crippen molar-refractivity contribution < 1.29 is 23.2 Å². The summed E-state index contributed by atoms with van der Waals surface area (Å²) >= 11 is 0. The Morgan fingerprint density at radius 1 is 1.35 bits per heavy atom. The zero-order chi connectivity index (χ0) is 17.8. The fraction of sp³-hybridized carbons (Fsp3) is 0.938. The molecule has 0 aromatic carbocycles. The molecule has 1 amide bonds. The van der Waals surface area contributed by atoms with Gasteiger partial charge in [0.25, 0.3) is 5.91 Å². The standard InChI is InChI=1S/C16H27F3N2O2/c1-6-14(16(17,18)19)13(22)20(5)15(21(14)23)9-11(4)7-8-12(15)10(2)3/h10-12,23H,6-9H2,1-5H3/t11-,12+,14+,15+/m1/s1. The molecular weight excluding hydrogens is 309 g/mol. The van der Waals surface area contributed by atoms with Gasteiger partial charge in [0.1, 0.15) is 5.66 Å². The van der Waals surface area contributed by atoms with E-state index in [0.717, 1.165) is 6.42 Å². The van der Waals surface area contributed by atoms with Crippen molar-refractivity contribution >= 4 is 5.91 Å². The van der Waals surface area contributed by atoms with Crippen LogP contribution in [-0.4, -0.2) is 45.5 Å². The second-order valence-electron chi connectivity index (χ2n) is 7.50. The Morgan fingerprint density at radius 3 is 2.30 bits per heavy atom. The molecule has 4 atom stereocenters. The van der Waals surface area contributed by atoms with Gasteiger partial charge < -0.3 is 10.1 Å². The van der Waals surface area contributed by atoms with E-state index in [0.29, 0.717) is 17.9 Å². The highest BCUT2D eigenvalue weighted by molar-refractivity contribution is 5.90. The molecule has 1 saturated heterocycles. The topological polar surface area (TPSA) is 43.8 Å². The summed E-state index contributed by atoms with van der Waals surface area (Å²) in [4.78, 5) is 13.8. The van der Waals surface area contributed by atoms with Crippen molar-refractivity contribution in [2.45, 2.75) is 70.8 Å². The predicted molar refractivity (Wildman–Crippen MR) is 79.5 cm³/mol. The highest BCUT2D eigenvalue weighted by Gasteiger charge is 2.76. The van der Waals surface area contributed by atoms with Crippen LogP contribution in [0, 0.1) is 17.8 Å². The summed E-state index contributed by atoms with van der Waals surface area (Å²) in [5, 5.41) is 11.2. The molecule has 1 spiro atoms. The van der Waals surface area contributed by atoms with Gasteiger partial charge in [-0.2, -0.15) is 13.2 Å². The van der Waals surface area contributed by atoms with E-state index in [1.807, 2.05) is 20.8 Å². The van der Waals surface area contributed by atoms with Crippen LogP contribution in [0.4, 0.5) is 13.2 Å². The average Bonchev–Trinajstić information content (AvgIpc) is 2.59. The van der Waals surface area contributed by atoms with Crippen molar-refractivity contribution in [3.05, 3.63) is 0 Å². The number of carbonyl (C=O) groups excluding carboxylic acids is 1. The minimum absolute atomic E-state index is 0.0632. The lowest BCUT2D eigenvalue weighted by molar-refractivity contribution is -0.327. The molecule has 1 heterocycles. The van der Waals surface area contributed by atoms with Gasteiger partial charge in [-0.15, -0.1) is 5.06 Å². The summed E-state index contributed by atoms with van der Waals surface area (Å²) in [5.74, 6) is -1.03. The first-order valence-corrected chi connectivity index (χ1v) is 8.31. The van der Waals surface area contributed by atoms with Crippen LogP contribution in [0.1, 0.15) is 53.4 Å². The lowest BCUT2D eigenvalue weighted by atomic mass is 9.69. The summed E-state index contributed by atoms with van der Waals surface area (Å²) in [5.41, 5.74) is -4.12. The van der Waals surface area contributed by atoms with Crippen molar-refractivity contribution in [1.29, 1.82) is 0 Å². The molecule has 0 aromatic heterocycles. The third kappa shape index (κ3) is 2.22. The van der Waals surface area contributed by atoms with Crippen molar-refractivity contribution in [2.24, 2.45) is 17.8 Å². The molecule has 0 radical (unpaired) electrons. The Hall–Kier alpha value is -0.820. The molecule has 2 fully saturated rings. The van der Waals surface area contributed by atoms with E-state index in [9.17, 15) is 23.2 Å². The van der Waals surface area contributed by atoms with Gasteiger partial charge in [0, 0.05) is 13.0 Å². The molecule has 2 rings (SSSR count). The maximum absolute atomic E-state index is 13.8. The summed E-state index contributed by atoms with van der Waals surface area (Å²) in [6, 6.07) is 0. The first-order chi connectivity index (χ1) is 10.5. The van der Waals surface area contributed by atoms with Crippen LogP contribution in [0.25, 0.3) is 0 Å². The number of halogens is 3. The minimum atomic E-state index is -4.83. The number of rotatable bonds is 2. The van der Waals surface area contributed by atoms with E-state index in [-0.39, 0.29) is 17.8 Å². The maximum Gasteiger partial charge on any atom is 0.418 e. The Morgan fingerprint density at radius 2 is 1.91 bits per heavy atom. The first kappa shape index (κ1) is 18.5. The number of carbonyl (C=O) groups is 1. The minimum Gasteiger partial charge on any atom is -0.323 e. The van der Waals surface area contributed by atoms with Crippen LogP contribution in [-0.2, 0) is 4.79 Å². The van der Waals surface area contributed by atoms with Gasteiger partial charge in [-0.3, -0.25) is 4.79 Å². The third-order valence-corrected chi connectivity index (χ3v) is 5.97. The highest BCUT2D eigenvalue weighted by atomic mass is 19.4. The van der Waals surface area contributed by atoms with E-state index in [2.05, 4.69) is 0 Å². The molecule has 7 heteroatoms. The fourth-order valence-electron chi connectivity index (χ4n) is 4.72. The van der Waals surface area contributed by atoms with Gasteiger partial charge in [0.05, 0.1) is 0 Å². The first-order valence-electron chi connectivity index (χ1n) is 8.31. The molecule has 1 aliphatic carbocycles. The third-order valence-electron chi connectivity index (χ3n) is 5.97. The molecule has 0 aromatic rings. The Labute approximate surface area is 135 Å². The number of amides is 1. The molecule has 134 valence electrons. The molecule has 0 unspecified atom stereocenters. The lowest BCUT2D eigenvalue weighted by Gasteiger charge is -2.52. The van der Waals surface area contributed by atoms with Crippen molar-refractivity contribution in [3.8, 4) is 0 Å². The summed E-state index contributed by atoms with van der Waals surface area (Å²) in [6.07, 6.45) is -3.38. The number of hydrogen-bond donors (Lipinski definition) is 1. The summed E-state index contributed by atoms with van der Waals surface area (Å²) in [6.45, 7) is 7.14. The zero-order valence-electron chi connectivity index (χ0n) is 14.4. The van der Waals surface area contributed by atoms with E-state index < -0.39 is 29.7 Å². The number of alkyl halides is 3. The van der Waals surface area contributed by atoms with Crippen LogP contribution in [0.2, 0.25) is 0 Å². The number of nitrogens with zero attached hydrogens (tertiary/aromatic N) is 2. The Balaban J connectivity index is 2.64. The van der Waals surface area contributed by atoms with E-state index in [1.165, 1.54) is 18.9 Å². The van der Waals surface area contributed by atoms with Crippen LogP contribution in [0.5, 0.6) is 0 Å². The van der Waals surface area contributed by atoms with Gasteiger partial charge >= 0.3 is 6.18 Å². The van der Waals surface area contributed by atoms with Gasteiger partial charge in [0.2, 0.25) is 5.54 Å². The Kier molecular flexibility index (Phi) is 4.52.